The number of nitrogens with one attached hydrogen (secondary N) is 1. The van der Waals surface area contributed by atoms with E-state index in [1.54, 1.807) is 6.92 Å². The number of hydrogen-bond acceptors (Lipinski definition) is 4. The summed E-state index contributed by atoms with van der Waals surface area (Å²) in [6.45, 7) is 3.01. The molecule has 2 aromatic rings. The van der Waals surface area contributed by atoms with Crippen molar-refractivity contribution in [3.63, 3.8) is 0 Å². The summed E-state index contributed by atoms with van der Waals surface area (Å²) >= 11 is 0. The van der Waals surface area contributed by atoms with Crippen LogP contribution in [0.3, 0.4) is 0 Å². The van der Waals surface area contributed by atoms with Gasteiger partial charge in [-0.25, -0.2) is 14.0 Å². The molecule has 0 bridgehead atoms. The van der Waals surface area contributed by atoms with E-state index in [0.29, 0.717) is 48.9 Å². The highest BCUT2D eigenvalue weighted by Gasteiger charge is 2.40. The van der Waals surface area contributed by atoms with Gasteiger partial charge in [-0.05, 0) is 86.6 Å². The van der Waals surface area contributed by atoms with Gasteiger partial charge in [0.05, 0.1) is 29.3 Å². The molecule has 3 atom stereocenters. The Hall–Kier alpha value is -3.55. The van der Waals surface area contributed by atoms with Crippen LogP contribution >= 0.6 is 0 Å². The minimum Gasteiger partial charge on any atom is -0.446 e. The van der Waals surface area contributed by atoms with E-state index >= 15 is 0 Å². The average molecular weight is 648 g/mol. The normalized spacial score (nSPS) is 23.3. The third kappa shape index (κ3) is 8.39. The SMILES string of the molecule is Cc1cc(F)ccc1[C@H]1C[C@@H](OC(=O)NC2CCC(O)CC2)CCN1C(=O)N(C)C(C)c1cc(C(F)(F)F)cc(C(F)(F)F)c1. The summed E-state index contributed by atoms with van der Waals surface area (Å²) in [5.74, 6) is -0.509. The van der Waals surface area contributed by atoms with Gasteiger partial charge in [0.15, 0.2) is 0 Å². The van der Waals surface area contributed by atoms with Crippen LogP contribution in [0.2, 0.25) is 0 Å². The molecule has 1 heterocycles. The largest absolute Gasteiger partial charge is 0.446 e. The molecule has 248 valence electrons. The zero-order valence-corrected chi connectivity index (χ0v) is 25.0. The van der Waals surface area contributed by atoms with Crippen molar-refractivity contribution >= 4 is 12.1 Å². The smallest absolute Gasteiger partial charge is 0.416 e. The number of urea groups is 1. The number of amides is 3. The molecule has 1 saturated carbocycles. The van der Waals surface area contributed by atoms with E-state index in [4.69, 9.17) is 4.74 Å². The quantitative estimate of drug-likeness (QED) is 0.329. The number of hydrogen-bond donors (Lipinski definition) is 2. The summed E-state index contributed by atoms with van der Waals surface area (Å²) in [5, 5.41) is 12.5. The molecule has 2 N–H and O–H groups in total. The van der Waals surface area contributed by atoms with Gasteiger partial charge in [-0.15, -0.1) is 0 Å². The van der Waals surface area contributed by atoms with E-state index in [1.165, 1.54) is 37.1 Å². The Labute approximate surface area is 256 Å². The minimum absolute atomic E-state index is 0.0317. The predicted octanol–water partition coefficient (Wildman–Crippen LogP) is 7.52. The highest BCUT2D eigenvalue weighted by atomic mass is 19.4. The fourth-order valence-electron chi connectivity index (χ4n) is 5.96. The number of halogens is 7. The van der Waals surface area contributed by atoms with Crippen LogP contribution in [0, 0.1) is 12.7 Å². The first-order valence-electron chi connectivity index (χ1n) is 14.7. The Balaban J connectivity index is 1.56. The van der Waals surface area contributed by atoms with Crippen molar-refractivity contribution in [2.24, 2.45) is 0 Å². The number of aryl methyl sites for hydroxylation is 1. The molecule has 3 amide bonds. The van der Waals surface area contributed by atoms with Crippen molar-refractivity contribution < 1.29 is 50.2 Å². The number of likely N-dealkylation sites (tertiary alicyclic amines) is 1. The number of aliphatic hydroxyl groups excluding tert-OH is 1. The summed E-state index contributed by atoms with van der Waals surface area (Å²) in [7, 11) is 1.28. The minimum atomic E-state index is -5.05. The predicted molar refractivity (Wildman–Crippen MR) is 150 cm³/mol. The van der Waals surface area contributed by atoms with Gasteiger partial charge in [0.1, 0.15) is 11.9 Å². The maximum atomic E-state index is 14.0. The molecule has 45 heavy (non-hydrogen) atoms. The first kappa shape index (κ1) is 34.3. The van der Waals surface area contributed by atoms with Crippen LogP contribution in [0.1, 0.15) is 85.3 Å². The summed E-state index contributed by atoms with van der Waals surface area (Å²) in [6.07, 6.45) is -9.13. The molecule has 1 aliphatic heterocycles. The summed E-state index contributed by atoms with van der Waals surface area (Å²) in [4.78, 5) is 29.0. The van der Waals surface area contributed by atoms with Crippen LogP contribution in [0.4, 0.5) is 40.3 Å². The lowest BCUT2D eigenvalue weighted by Gasteiger charge is -2.42. The monoisotopic (exact) mass is 647 g/mol. The van der Waals surface area contributed by atoms with E-state index in [0.717, 1.165) is 4.90 Å². The van der Waals surface area contributed by atoms with Crippen LogP contribution in [0.5, 0.6) is 0 Å². The van der Waals surface area contributed by atoms with Gasteiger partial charge >= 0.3 is 24.5 Å². The number of aliphatic hydroxyl groups is 1. The van der Waals surface area contributed by atoms with Crippen molar-refractivity contribution in [1.29, 1.82) is 0 Å². The molecular weight excluding hydrogens is 611 g/mol. The van der Waals surface area contributed by atoms with E-state index in [-0.39, 0.29) is 37.1 Å². The second-order valence-electron chi connectivity index (χ2n) is 11.8. The van der Waals surface area contributed by atoms with Gasteiger partial charge in [0, 0.05) is 32.5 Å². The maximum Gasteiger partial charge on any atom is 0.416 e. The lowest BCUT2D eigenvalue weighted by molar-refractivity contribution is -0.143. The number of carbonyl (C=O) groups excluding carboxylic acids is 2. The molecule has 14 heteroatoms. The lowest BCUT2D eigenvalue weighted by atomic mass is 9.90. The van der Waals surface area contributed by atoms with Gasteiger partial charge in [-0.2, -0.15) is 26.3 Å². The number of ether oxygens (including phenoxy) is 1. The molecule has 0 aromatic heterocycles. The van der Waals surface area contributed by atoms with E-state index in [1.807, 2.05) is 0 Å². The first-order chi connectivity index (χ1) is 20.9. The fraction of sp³-hybridized carbons (Fsp3) is 0.548. The number of carbonyl (C=O) groups is 2. The first-order valence-corrected chi connectivity index (χ1v) is 14.7. The van der Waals surface area contributed by atoms with Crippen LogP contribution in [0.25, 0.3) is 0 Å². The Morgan fingerprint density at radius 3 is 2.13 bits per heavy atom. The van der Waals surface area contributed by atoms with Gasteiger partial charge < -0.3 is 25.0 Å². The molecule has 1 aliphatic carbocycles. The molecule has 1 saturated heterocycles. The molecule has 4 rings (SSSR count). The number of rotatable bonds is 5. The van der Waals surface area contributed by atoms with Crippen LogP contribution in [-0.4, -0.2) is 58.9 Å². The van der Waals surface area contributed by atoms with Crippen LogP contribution in [-0.2, 0) is 17.1 Å². The lowest BCUT2D eigenvalue weighted by Crippen LogP contribution is -2.50. The topological polar surface area (TPSA) is 82.1 Å². The zero-order chi connectivity index (χ0) is 33.3. The van der Waals surface area contributed by atoms with Crippen LogP contribution < -0.4 is 5.32 Å². The van der Waals surface area contributed by atoms with E-state index in [2.05, 4.69) is 5.32 Å². The molecular formula is C31H36F7N3O4. The van der Waals surface area contributed by atoms with E-state index < -0.39 is 65.7 Å². The molecule has 7 nitrogen and oxygen atoms in total. The van der Waals surface area contributed by atoms with Gasteiger partial charge in [0.25, 0.3) is 0 Å². The third-order valence-electron chi connectivity index (χ3n) is 8.66. The number of benzene rings is 2. The van der Waals surface area contributed by atoms with Crippen molar-refractivity contribution in [3.05, 3.63) is 70.0 Å². The summed E-state index contributed by atoms with van der Waals surface area (Å²) in [5.41, 5.74) is -2.26. The number of piperidine rings is 1. The molecule has 2 aliphatic rings. The molecule has 0 radical (unpaired) electrons. The molecule has 2 aromatic carbocycles. The van der Waals surface area contributed by atoms with Crippen molar-refractivity contribution in [2.45, 2.75) is 95.1 Å². The van der Waals surface area contributed by atoms with Gasteiger partial charge in [-0.3, -0.25) is 0 Å². The standard InChI is InChI=1S/C31H36F7N3O4/c1-17-12-22(32)4-9-26(17)27-16-25(45-28(43)39-23-5-7-24(42)8-6-23)10-11-41(27)29(44)40(3)18(2)19-13-20(30(33,34)35)15-21(14-19)31(36,37)38/h4,9,12-15,18,23-25,27,42H,5-8,10-11,16H2,1-3H3,(H,39,43)/t18?,23?,24?,25-,27+/m0/s1. The average Bonchev–Trinajstić information content (AvgIpc) is 2.96. The Morgan fingerprint density at radius 1 is 0.978 bits per heavy atom. The van der Waals surface area contributed by atoms with Crippen molar-refractivity contribution in [2.75, 3.05) is 13.6 Å². The second kappa shape index (κ2) is 13.4. The van der Waals surface area contributed by atoms with Crippen molar-refractivity contribution in [1.82, 2.24) is 15.1 Å². The van der Waals surface area contributed by atoms with E-state index in [9.17, 15) is 45.4 Å². The molecule has 2 fully saturated rings. The number of alkyl halides is 6. The Bertz CT molecular complexity index is 1340. The molecule has 1 unspecified atom stereocenters. The number of nitrogens with zero attached hydrogens (tertiary/aromatic N) is 2. The maximum absolute atomic E-state index is 14.0. The highest BCUT2D eigenvalue weighted by molar-refractivity contribution is 5.76. The van der Waals surface area contributed by atoms with Crippen molar-refractivity contribution in [3.8, 4) is 0 Å². The Morgan fingerprint density at radius 2 is 1.58 bits per heavy atom. The molecule has 0 spiro atoms. The summed E-state index contributed by atoms with van der Waals surface area (Å²) in [6, 6.07) is 2.45. The summed E-state index contributed by atoms with van der Waals surface area (Å²) < 4.78 is 101. The Kier molecular flexibility index (Phi) is 10.2. The number of alkyl carbamates (subject to hydrolysis) is 1. The van der Waals surface area contributed by atoms with Gasteiger partial charge in [0.2, 0.25) is 0 Å². The van der Waals surface area contributed by atoms with Gasteiger partial charge in [-0.1, -0.05) is 6.07 Å². The highest BCUT2D eigenvalue weighted by Crippen LogP contribution is 2.40. The zero-order valence-electron chi connectivity index (χ0n) is 25.0. The third-order valence-corrected chi connectivity index (χ3v) is 8.66. The second-order valence-corrected chi connectivity index (χ2v) is 11.8. The van der Waals surface area contributed by atoms with Crippen LogP contribution in [0.15, 0.2) is 36.4 Å². The fourth-order valence-corrected chi connectivity index (χ4v) is 5.96.